The van der Waals surface area contributed by atoms with Gasteiger partial charge in [0, 0.05) is 19.0 Å². The lowest BCUT2D eigenvalue weighted by molar-refractivity contribution is -0.118. The van der Waals surface area contributed by atoms with E-state index in [0.29, 0.717) is 19.0 Å². The van der Waals surface area contributed by atoms with Crippen LogP contribution in [-0.2, 0) is 4.79 Å². The number of nitrogens with one attached hydrogen (secondary N) is 2. The van der Waals surface area contributed by atoms with Crippen LogP contribution in [0, 0.1) is 0 Å². The molecule has 0 heterocycles. The summed E-state index contributed by atoms with van der Waals surface area (Å²) in [6.07, 6.45) is 0.809. The number of rotatable bonds is 8. The van der Waals surface area contributed by atoms with Crippen molar-refractivity contribution in [2.24, 2.45) is 0 Å². The summed E-state index contributed by atoms with van der Waals surface area (Å²) < 4.78 is 0. The molecule has 1 aromatic rings. The summed E-state index contributed by atoms with van der Waals surface area (Å²) in [5.74, 6) is 0.549. The van der Waals surface area contributed by atoms with Gasteiger partial charge in [-0.15, -0.1) is 0 Å². The number of hydrogen-bond donors (Lipinski definition) is 2. The smallest absolute Gasteiger partial charge is 0.216 e. The van der Waals surface area contributed by atoms with Gasteiger partial charge in [-0.2, -0.15) is 0 Å². The van der Waals surface area contributed by atoms with Gasteiger partial charge in [-0.25, -0.2) is 0 Å². The molecule has 0 aliphatic heterocycles. The molecule has 0 spiro atoms. The molecule has 0 saturated carbocycles. The summed E-state index contributed by atoms with van der Waals surface area (Å²) in [6, 6.07) is 7.61. The molecule has 0 aliphatic rings. The van der Waals surface area contributed by atoms with Crippen LogP contribution in [0.5, 0.6) is 0 Å². The van der Waals surface area contributed by atoms with Crippen molar-refractivity contribution in [3.63, 3.8) is 0 Å². The average Bonchev–Trinajstić information content (AvgIpc) is 2.45. The number of amides is 1. The SMILES string of the molecule is CC(=O)NCCCNC(C)C(=O)c1ccc(C(C)C)cc1. The van der Waals surface area contributed by atoms with Crippen molar-refractivity contribution >= 4 is 11.7 Å². The van der Waals surface area contributed by atoms with E-state index < -0.39 is 0 Å². The lowest BCUT2D eigenvalue weighted by atomic mass is 9.99. The third-order valence-corrected chi connectivity index (χ3v) is 3.43. The van der Waals surface area contributed by atoms with Crippen molar-refractivity contribution < 1.29 is 9.59 Å². The number of ketones is 1. The van der Waals surface area contributed by atoms with Crippen molar-refractivity contribution in [2.45, 2.75) is 46.1 Å². The molecule has 1 unspecified atom stereocenters. The van der Waals surface area contributed by atoms with E-state index in [0.717, 1.165) is 12.0 Å². The summed E-state index contributed by atoms with van der Waals surface area (Å²) >= 11 is 0. The Labute approximate surface area is 127 Å². The number of carbonyl (C=O) groups excluding carboxylic acids is 2. The van der Waals surface area contributed by atoms with E-state index in [1.54, 1.807) is 0 Å². The molecule has 2 N–H and O–H groups in total. The fraction of sp³-hybridized carbons (Fsp3) is 0.529. The van der Waals surface area contributed by atoms with E-state index in [9.17, 15) is 9.59 Å². The van der Waals surface area contributed by atoms with Gasteiger partial charge in [0.25, 0.3) is 0 Å². The molecule has 0 aliphatic carbocycles. The summed E-state index contributed by atoms with van der Waals surface area (Å²) in [5.41, 5.74) is 1.98. The second-order valence-corrected chi connectivity index (χ2v) is 5.65. The van der Waals surface area contributed by atoms with Crippen LogP contribution in [0.4, 0.5) is 0 Å². The minimum atomic E-state index is -0.216. The summed E-state index contributed by atoms with van der Waals surface area (Å²) in [7, 11) is 0. The minimum absolute atomic E-state index is 0.0237. The molecule has 4 heteroatoms. The van der Waals surface area contributed by atoms with E-state index in [1.807, 2.05) is 31.2 Å². The third kappa shape index (κ3) is 6.08. The maximum Gasteiger partial charge on any atom is 0.216 e. The van der Waals surface area contributed by atoms with Crippen LogP contribution < -0.4 is 10.6 Å². The standard InChI is InChI=1S/C17H26N2O2/c1-12(2)15-6-8-16(9-7-15)17(21)13(3)18-10-5-11-19-14(4)20/h6-9,12-13,18H,5,10-11H2,1-4H3,(H,19,20). The zero-order chi connectivity index (χ0) is 15.8. The average molecular weight is 290 g/mol. The van der Waals surface area contributed by atoms with E-state index >= 15 is 0 Å². The molecule has 1 aromatic carbocycles. The van der Waals surface area contributed by atoms with Crippen molar-refractivity contribution in [3.05, 3.63) is 35.4 Å². The van der Waals surface area contributed by atoms with Crippen LogP contribution in [0.15, 0.2) is 24.3 Å². The van der Waals surface area contributed by atoms with Crippen LogP contribution in [-0.4, -0.2) is 30.8 Å². The molecule has 4 nitrogen and oxygen atoms in total. The van der Waals surface area contributed by atoms with Gasteiger partial charge in [-0.3, -0.25) is 9.59 Å². The number of benzene rings is 1. The Morgan fingerprint density at radius 1 is 1.05 bits per heavy atom. The highest BCUT2D eigenvalue weighted by Gasteiger charge is 2.14. The molecule has 0 aromatic heterocycles. The second-order valence-electron chi connectivity index (χ2n) is 5.65. The van der Waals surface area contributed by atoms with Crippen molar-refractivity contribution in [3.8, 4) is 0 Å². The molecular weight excluding hydrogens is 264 g/mol. The fourth-order valence-corrected chi connectivity index (χ4v) is 2.05. The summed E-state index contributed by atoms with van der Waals surface area (Å²) in [4.78, 5) is 23.0. The molecule has 1 amide bonds. The number of carbonyl (C=O) groups is 2. The van der Waals surface area contributed by atoms with E-state index in [2.05, 4.69) is 24.5 Å². The second kappa shape index (κ2) is 8.57. The third-order valence-electron chi connectivity index (χ3n) is 3.43. The monoisotopic (exact) mass is 290 g/mol. The zero-order valence-electron chi connectivity index (χ0n) is 13.4. The summed E-state index contributed by atoms with van der Waals surface area (Å²) in [5, 5.41) is 5.92. The topological polar surface area (TPSA) is 58.2 Å². The first-order valence-corrected chi connectivity index (χ1v) is 7.53. The lowest BCUT2D eigenvalue weighted by Crippen LogP contribution is -2.36. The quantitative estimate of drug-likeness (QED) is 0.571. The van der Waals surface area contributed by atoms with Crippen molar-refractivity contribution in [2.75, 3.05) is 13.1 Å². The first-order valence-electron chi connectivity index (χ1n) is 7.53. The van der Waals surface area contributed by atoms with Gasteiger partial charge in [0.05, 0.1) is 6.04 Å². The Balaban J connectivity index is 2.41. The minimum Gasteiger partial charge on any atom is -0.356 e. The lowest BCUT2D eigenvalue weighted by Gasteiger charge is -2.13. The van der Waals surface area contributed by atoms with Crippen LogP contribution in [0.3, 0.4) is 0 Å². The number of hydrogen-bond acceptors (Lipinski definition) is 3. The first-order chi connectivity index (χ1) is 9.91. The fourth-order valence-electron chi connectivity index (χ4n) is 2.05. The maximum absolute atomic E-state index is 12.3. The first kappa shape index (κ1) is 17.4. The van der Waals surface area contributed by atoms with Crippen LogP contribution in [0.2, 0.25) is 0 Å². The predicted octanol–water partition coefficient (Wildman–Crippen LogP) is 2.50. The highest BCUT2D eigenvalue weighted by molar-refractivity contribution is 5.99. The molecule has 1 rings (SSSR count). The molecule has 1 atom stereocenters. The van der Waals surface area contributed by atoms with Crippen LogP contribution >= 0.6 is 0 Å². The Morgan fingerprint density at radius 2 is 1.67 bits per heavy atom. The summed E-state index contributed by atoms with van der Waals surface area (Å²) in [6.45, 7) is 8.98. The Kier molecular flexibility index (Phi) is 7.09. The Bertz CT molecular complexity index is 466. The van der Waals surface area contributed by atoms with E-state index in [4.69, 9.17) is 0 Å². The van der Waals surface area contributed by atoms with Crippen molar-refractivity contribution in [1.29, 1.82) is 0 Å². The molecule has 116 valence electrons. The van der Waals surface area contributed by atoms with E-state index in [1.165, 1.54) is 12.5 Å². The molecule has 0 saturated heterocycles. The Morgan fingerprint density at radius 3 is 2.19 bits per heavy atom. The molecule has 0 radical (unpaired) electrons. The Hall–Kier alpha value is -1.68. The normalized spacial score (nSPS) is 12.2. The van der Waals surface area contributed by atoms with Crippen LogP contribution in [0.25, 0.3) is 0 Å². The molecular formula is C17H26N2O2. The highest BCUT2D eigenvalue weighted by atomic mass is 16.1. The van der Waals surface area contributed by atoms with Gasteiger partial charge in [0.1, 0.15) is 0 Å². The molecule has 0 fully saturated rings. The van der Waals surface area contributed by atoms with E-state index in [-0.39, 0.29) is 17.7 Å². The largest absolute Gasteiger partial charge is 0.356 e. The van der Waals surface area contributed by atoms with Gasteiger partial charge >= 0.3 is 0 Å². The van der Waals surface area contributed by atoms with Crippen LogP contribution in [0.1, 0.15) is 56.0 Å². The number of Topliss-reactive ketones (excluding diaryl/α,β-unsaturated/α-hetero) is 1. The van der Waals surface area contributed by atoms with Gasteiger partial charge in [-0.1, -0.05) is 38.1 Å². The predicted molar refractivity (Wildman–Crippen MR) is 85.6 cm³/mol. The molecule has 21 heavy (non-hydrogen) atoms. The maximum atomic E-state index is 12.3. The van der Waals surface area contributed by atoms with Crippen molar-refractivity contribution in [1.82, 2.24) is 10.6 Å². The zero-order valence-corrected chi connectivity index (χ0v) is 13.4. The van der Waals surface area contributed by atoms with Gasteiger partial charge < -0.3 is 10.6 Å². The van der Waals surface area contributed by atoms with Gasteiger partial charge in [-0.05, 0) is 31.4 Å². The van der Waals surface area contributed by atoms with Gasteiger partial charge in [0.2, 0.25) is 5.91 Å². The van der Waals surface area contributed by atoms with Gasteiger partial charge in [0.15, 0.2) is 5.78 Å². The molecule has 0 bridgehead atoms. The highest BCUT2D eigenvalue weighted by Crippen LogP contribution is 2.15.